The number of halogens is 10. The molecule has 636 valence electrons. The molecule has 0 saturated carbocycles. The molecule has 8 N–H and O–H groups in total. The molecule has 1 aromatic heterocycles. The smallest absolute Gasteiger partial charge is 0.441 e. The molecule has 0 saturated heterocycles. The van der Waals surface area contributed by atoms with Gasteiger partial charge in [-0.1, -0.05) is 46.7 Å². The number of methoxy groups -OCH3 is 6. The van der Waals surface area contributed by atoms with Gasteiger partial charge < -0.3 is 60.6 Å². The van der Waals surface area contributed by atoms with Gasteiger partial charge in [-0.15, -0.1) is 0 Å². The third kappa shape index (κ3) is 61.1. The summed E-state index contributed by atoms with van der Waals surface area (Å²) >= 11 is 0. The van der Waals surface area contributed by atoms with Gasteiger partial charge in [0.15, 0.2) is 35.0 Å². The molecule has 1 rings (SSSR count). The zero-order valence-corrected chi connectivity index (χ0v) is 65.7. The van der Waals surface area contributed by atoms with Crippen LogP contribution in [0.25, 0.3) is 0 Å². The normalized spacial score (nSPS) is 14.1. The van der Waals surface area contributed by atoms with Crippen molar-refractivity contribution in [2.45, 2.75) is 185 Å². The minimum absolute atomic E-state index is 0.0652. The summed E-state index contributed by atoms with van der Waals surface area (Å²) in [6, 6.07) is -1.20. The molecule has 40 heteroatoms. The van der Waals surface area contributed by atoms with E-state index in [1.54, 1.807) is 55.4 Å². The molecule has 0 fully saturated rings. The SMILES string of the molecule is CC(N)=NCC(F)=C(F)CCC(N)C(=O)O.CCOOCC(F)=C(F)CCC(C)C(=O)OC.CCOOCCC(=O)CCC(C)C(=O)OC.COC(=O)C(C)CCC(F)=C(F)CN=C(C)N.COC(=O)C(C)CCC(F)=C(F)CO.COC(=O)C(C)CCC(F)=C(F)Cn1c(C)noc1=O.COC(=O)C(C)CCC=O. The monoisotopic (exact) mass is 1610 g/mol. The summed E-state index contributed by atoms with van der Waals surface area (Å²) in [5.41, 5.74) is 15.5. The molecule has 110 heavy (non-hydrogen) atoms. The van der Waals surface area contributed by atoms with Gasteiger partial charge in [0, 0.05) is 51.4 Å². The Morgan fingerprint density at radius 2 is 0.800 bits per heavy atom. The van der Waals surface area contributed by atoms with E-state index in [0.717, 1.165) is 10.9 Å². The quantitative estimate of drug-likeness (QED) is 0.00466. The number of amidine groups is 2. The Kier molecular flexibility index (Phi) is 70.8. The summed E-state index contributed by atoms with van der Waals surface area (Å²) in [5, 5.41) is 20.0. The fraction of sp³-hybridized carbons (Fsp3) is 0.671. The first kappa shape index (κ1) is 112. The van der Waals surface area contributed by atoms with E-state index < -0.39 is 156 Å². The lowest BCUT2D eigenvalue weighted by atomic mass is 10.0. The van der Waals surface area contributed by atoms with Crippen molar-refractivity contribution >= 4 is 65.5 Å². The predicted octanol–water partition coefficient (Wildman–Crippen LogP) is 11.4. The fourth-order valence-electron chi connectivity index (χ4n) is 7.13. The van der Waals surface area contributed by atoms with Crippen molar-refractivity contribution in [1.29, 1.82) is 0 Å². The summed E-state index contributed by atoms with van der Waals surface area (Å²) in [7, 11) is 7.66. The van der Waals surface area contributed by atoms with Crippen molar-refractivity contribution in [2.24, 2.45) is 62.7 Å². The van der Waals surface area contributed by atoms with E-state index in [0.29, 0.717) is 38.7 Å². The van der Waals surface area contributed by atoms with Gasteiger partial charge in [-0.3, -0.25) is 57.4 Å². The second kappa shape index (κ2) is 69.5. The third-order valence-corrected chi connectivity index (χ3v) is 14.1. The number of Topliss-reactive ketones (excluding diaryl/α,β-unsaturated/α-hetero) is 1. The molecule has 7 unspecified atom stereocenters. The Morgan fingerprint density at radius 3 is 1.11 bits per heavy atom. The van der Waals surface area contributed by atoms with Gasteiger partial charge in [0.1, 0.15) is 53.9 Å². The van der Waals surface area contributed by atoms with Gasteiger partial charge in [-0.2, -0.15) is 0 Å². The summed E-state index contributed by atoms with van der Waals surface area (Å²) in [6.45, 7) is 15.7. The number of hydrogen-bond acceptors (Lipinski definition) is 26. The van der Waals surface area contributed by atoms with Crippen LogP contribution in [0.3, 0.4) is 0 Å². The number of ether oxygens (including phenoxy) is 6. The topological polar surface area (TPSA) is 437 Å². The van der Waals surface area contributed by atoms with Crippen LogP contribution in [0.2, 0.25) is 0 Å². The second-order valence-corrected chi connectivity index (χ2v) is 23.4. The zero-order chi connectivity index (χ0) is 86.2. The number of carbonyl (C=O) groups excluding carboxylic acids is 8. The van der Waals surface area contributed by atoms with Crippen LogP contribution in [0.15, 0.2) is 77.6 Å². The maximum Gasteiger partial charge on any atom is 0.441 e. The number of carboxylic acid groups (broad SMARTS) is 1. The number of allylic oxidation sites excluding steroid dienone is 6. The zero-order valence-electron chi connectivity index (χ0n) is 65.7. The highest BCUT2D eigenvalue weighted by Crippen LogP contribution is 2.23. The lowest BCUT2D eigenvalue weighted by molar-refractivity contribution is -0.290. The number of aromatic nitrogens is 2. The maximum absolute atomic E-state index is 13.6. The van der Waals surface area contributed by atoms with Crippen molar-refractivity contribution in [2.75, 3.05) is 88.8 Å². The molecule has 1 heterocycles. The Balaban J connectivity index is -0.000000289. The van der Waals surface area contributed by atoms with Crippen molar-refractivity contribution in [3.63, 3.8) is 0 Å². The predicted molar refractivity (Wildman–Crippen MR) is 381 cm³/mol. The molecule has 1 aromatic rings. The molecule has 0 amide bonds. The van der Waals surface area contributed by atoms with E-state index in [2.05, 4.69) is 62.7 Å². The Morgan fingerprint density at radius 1 is 0.482 bits per heavy atom. The Labute approximate surface area is 634 Å². The highest BCUT2D eigenvalue weighted by Gasteiger charge is 2.22. The second-order valence-electron chi connectivity index (χ2n) is 23.4. The lowest BCUT2D eigenvalue weighted by Gasteiger charge is -2.08. The van der Waals surface area contributed by atoms with Crippen LogP contribution in [0.4, 0.5) is 43.9 Å². The van der Waals surface area contributed by atoms with E-state index in [1.165, 1.54) is 63.4 Å². The number of nitrogens with two attached hydrogens (primary N) is 3. The van der Waals surface area contributed by atoms with E-state index >= 15 is 0 Å². The number of aldehydes is 1. The summed E-state index contributed by atoms with van der Waals surface area (Å²) < 4.78 is 163. The van der Waals surface area contributed by atoms with Gasteiger partial charge in [0.05, 0.1) is 136 Å². The minimum Gasteiger partial charge on any atom is -0.480 e. The first-order valence-electron chi connectivity index (χ1n) is 34.2. The first-order chi connectivity index (χ1) is 51.5. The number of aryl methyl sites for hydroxylation is 1. The molecule has 0 spiro atoms. The number of ketones is 1. The van der Waals surface area contributed by atoms with Crippen LogP contribution in [0.1, 0.15) is 171 Å². The van der Waals surface area contributed by atoms with Crippen LogP contribution >= 0.6 is 0 Å². The molecule has 30 nitrogen and oxygen atoms in total. The van der Waals surface area contributed by atoms with Crippen molar-refractivity contribution in [3.05, 3.63) is 74.6 Å². The molecule has 0 bridgehead atoms. The lowest BCUT2D eigenvalue weighted by Crippen LogP contribution is -2.29. The molecular formula is C70H113F10N7O23. The van der Waals surface area contributed by atoms with E-state index in [-0.39, 0.29) is 124 Å². The minimum atomic E-state index is -1.25. The number of carbonyl (C=O) groups is 9. The van der Waals surface area contributed by atoms with E-state index in [4.69, 9.17) is 32.3 Å². The molecule has 0 aliphatic carbocycles. The molecule has 0 aliphatic heterocycles. The molecule has 0 aliphatic rings. The van der Waals surface area contributed by atoms with E-state index in [1.807, 2.05) is 0 Å². The number of carboxylic acids is 1. The van der Waals surface area contributed by atoms with Gasteiger partial charge >= 0.3 is 47.5 Å². The number of nitrogens with zero attached hydrogens (tertiary/aromatic N) is 4. The fourth-order valence-corrected chi connectivity index (χ4v) is 7.13. The number of aliphatic hydroxyl groups excluding tert-OH is 1. The van der Waals surface area contributed by atoms with Gasteiger partial charge in [0.25, 0.3) is 0 Å². The Hall–Kier alpha value is -8.73. The van der Waals surface area contributed by atoms with Crippen LogP contribution in [-0.4, -0.2) is 180 Å². The first-order valence-corrected chi connectivity index (χ1v) is 34.2. The van der Waals surface area contributed by atoms with E-state index in [9.17, 15) is 91.8 Å². The number of aliphatic hydroxyl groups is 1. The average molecular weight is 1610 g/mol. The summed E-state index contributed by atoms with van der Waals surface area (Å²) in [6.07, 6.45) is 2.35. The maximum atomic E-state index is 13.6. The van der Waals surface area contributed by atoms with Crippen LogP contribution in [0.5, 0.6) is 0 Å². The standard InChI is InChI=1S/C12H16F2N2O4.C11H18F2N2O2.C11H18F2O4.C11H20O5.C9H15F2N3O2.C9H14F2O3.C7H12O3/c1-7(11(17)19-3)4-5-9(13)10(14)6-16-8(2)15-20-12(16)18;1-7(11(16)17-3)4-5-9(12)10(13)6-15-8(2)14;1-4-16-17-7-10(13)9(12)6-5-8(2)11(14)15-3;1-4-15-16-8-7-10(12)6-5-9(2)11(13)14-3;1-5(12)14-4-7(11)6(10)2-3-8(13)9(15)16;1-6(9(13)14-2)3-4-7(10)8(11)5-12;1-6(4-3-5-8)7(9)10-2/h7H,4-6H2,1-3H3;7H,4-6H2,1-3H3,(H2,14,15);8H,4-7H2,1-3H3;9H,4-8H2,1-3H3;8H,2-4,13H2,1H3,(H2,12,14)(H,15,16);6,12H,3-5H2,1-2H3;5-6H,3-4H2,1-2H3. The average Bonchev–Trinajstić information content (AvgIpc) is 1.72. The number of esters is 6. The molecule has 0 radical (unpaired) electrons. The van der Waals surface area contributed by atoms with Gasteiger partial charge in [0.2, 0.25) is 0 Å². The van der Waals surface area contributed by atoms with Crippen molar-refractivity contribution in [3.8, 4) is 0 Å². The summed E-state index contributed by atoms with van der Waals surface area (Å²) in [5.74, 6) is -16.4. The number of rotatable bonds is 44. The summed E-state index contributed by atoms with van der Waals surface area (Å²) in [4.78, 5) is 134. The molecular weight excluding hydrogens is 1500 g/mol. The van der Waals surface area contributed by atoms with Crippen molar-refractivity contribution in [1.82, 2.24) is 9.72 Å². The van der Waals surface area contributed by atoms with Gasteiger partial charge in [-0.25, -0.2) is 68.2 Å². The van der Waals surface area contributed by atoms with Gasteiger partial charge in [-0.05, 0) is 79.6 Å². The Bertz CT molecular complexity index is 3140. The largest absolute Gasteiger partial charge is 0.480 e. The highest BCUT2D eigenvalue weighted by atomic mass is 19.2. The number of aliphatic imine (C=N–C) groups is 2. The highest BCUT2D eigenvalue weighted by molar-refractivity contribution is 5.80. The molecule has 7 atom stereocenters. The van der Waals surface area contributed by atoms with Crippen molar-refractivity contribution < 1.29 is 150 Å². The molecule has 0 aromatic carbocycles. The number of hydrogen-bond donors (Lipinski definition) is 5. The third-order valence-electron chi connectivity index (χ3n) is 14.1. The van der Waals surface area contributed by atoms with Crippen LogP contribution < -0.4 is 23.0 Å². The van der Waals surface area contributed by atoms with Crippen LogP contribution in [-0.2, 0) is 97.7 Å². The van der Waals surface area contributed by atoms with Crippen LogP contribution in [0, 0.1) is 42.4 Å². The number of aliphatic carboxylic acids is 1.